The molecule has 0 spiro atoms. The average molecular weight is 222 g/mol. The summed E-state index contributed by atoms with van der Waals surface area (Å²) in [4.78, 5) is 11.0. The normalized spacial score (nSPS) is 16.4. The van der Waals surface area contributed by atoms with Crippen LogP contribution in [0.4, 0.5) is 5.95 Å². The van der Waals surface area contributed by atoms with E-state index in [1.807, 2.05) is 12.3 Å². The Balaban J connectivity index is 2.02. The van der Waals surface area contributed by atoms with Crippen molar-refractivity contribution < 1.29 is 4.74 Å². The van der Waals surface area contributed by atoms with Crippen molar-refractivity contribution in [1.82, 2.24) is 15.3 Å². The predicted molar refractivity (Wildman–Crippen MR) is 62.4 cm³/mol. The molecule has 0 atom stereocenters. The van der Waals surface area contributed by atoms with Crippen molar-refractivity contribution in [3.05, 3.63) is 18.0 Å². The van der Waals surface area contributed by atoms with E-state index in [4.69, 9.17) is 4.74 Å². The molecule has 5 nitrogen and oxygen atoms in total. The van der Waals surface area contributed by atoms with Gasteiger partial charge in [-0.25, -0.2) is 9.97 Å². The van der Waals surface area contributed by atoms with Gasteiger partial charge in [-0.2, -0.15) is 0 Å². The summed E-state index contributed by atoms with van der Waals surface area (Å²) in [7, 11) is 0. The highest BCUT2D eigenvalue weighted by Gasteiger charge is 2.13. The Labute approximate surface area is 95.8 Å². The van der Waals surface area contributed by atoms with E-state index in [0.29, 0.717) is 0 Å². The summed E-state index contributed by atoms with van der Waals surface area (Å²) >= 11 is 0. The van der Waals surface area contributed by atoms with Crippen molar-refractivity contribution >= 4 is 5.95 Å². The second kappa shape index (κ2) is 5.77. The van der Waals surface area contributed by atoms with E-state index in [1.165, 1.54) is 0 Å². The minimum absolute atomic E-state index is 0.765. The van der Waals surface area contributed by atoms with Crippen LogP contribution in [0, 0.1) is 0 Å². The van der Waals surface area contributed by atoms with Gasteiger partial charge in [0.15, 0.2) is 0 Å². The fourth-order valence-electron chi connectivity index (χ4n) is 1.65. The molecule has 2 rings (SSSR count). The van der Waals surface area contributed by atoms with E-state index in [1.54, 1.807) is 0 Å². The van der Waals surface area contributed by atoms with E-state index < -0.39 is 0 Å². The summed E-state index contributed by atoms with van der Waals surface area (Å²) in [5, 5.41) is 3.26. The molecule has 1 aromatic heterocycles. The molecule has 1 aliphatic rings. The van der Waals surface area contributed by atoms with Crippen LogP contribution in [0.2, 0.25) is 0 Å². The van der Waals surface area contributed by atoms with Crippen LogP contribution < -0.4 is 10.2 Å². The van der Waals surface area contributed by atoms with Crippen LogP contribution in [0.25, 0.3) is 0 Å². The number of ether oxygens (including phenoxy) is 1. The van der Waals surface area contributed by atoms with Crippen molar-refractivity contribution in [2.24, 2.45) is 0 Å². The number of rotatable bonds is 4. The van der Waals surface area contributed by atoms with Gasteiger partial charge in [-0.15, -0.1) is 0 Å². The number of hydrogen-bond acceptors (Lipinski definition) is 5. The fraction of sp³-hybridized carbons (Fsp3) is 0.636. The molecule has 0 unspecified atom stereocenters. The summed E-state index contributed by atoms with van der Waals surface area (Å²) < 4.78 is 5.31. The highest BCUT2D eigenvalue weighted by atomic mass is 16.5. The van der Waals surface area contributed by atoms with E-state index in [-0.39, 0.29) is 0 Å². The van der Waals surface area contributed by atoms with Crippen molar-refractivity contribution in [1.29, 1.82) is 0 Å². The SMILES string of the molecule is CCNCc1ccnc(N2CCOCC2)n1. The second-order valence-corrected chi connectivity index (χ2v) is 3.73. The molecule has 16 heavy (non-hydrogen) atoms. The highest BCUT2D eigenvalue weighted by Crippen LogP contribution is 2.09. The first-order valence-electron chi connectivity index (χ1n) is 5.75. The Morgan fingerprint density at radius 3 is 3.00 bits per heavy atom. The quantitative estimate of drug-likeness (QED) is 0.800. The first-order valence-corrected chi connectivity index (χ1v) is 5.75. The van der Waals surface area contributed by atoms with Crippen molar-refractivity contribution in [2.75, 3.05) is 37.7 Å². The topological polar surface area (TPSA) is 50.3 Å². The molecule has 0 amide bonds. The number of hydrogen-bond donors (Lipinski definition) is 1. The molecule has 1 N–H and O–H groups in total. The van der Waals surface area contributed by atoms with E-state index in [2.05, 4.69) is 27.1 Å². The van der Waals surface area contributed by atoms with Gasteiger partial charge < -0.3 is 15.0 Å². The van der Waals surface area contributed by atoms with Gasteiger partial charge in [-0.05, 0) is 12.6 Å². The Morgan fingerprint density at radius 2 is 2.25 bits per heavy atom. The smallest absolute Gasteiger partial charge is 0.225 e. The van der Waals surface area contributed by atoms with Gasteiger partial charge >= 0.3 is 0 Å². The monoisotopic (exact) mass is 222 g/mol. The maximum atomic E-state index is 5.31. The van der Waals surface area contributed by atoms with Crippen LogP contribution in [0.1, 0.15) is 12.6 Å². The first kappa shape index (κ1) is 11.3. The molecule has 1 aromatic rings. The third-order valence-corrected chi connectivity index (χ3v) is 2.55. The van der Waals surface area contributed by atoms with Gasteiger partial charge in [-0.1, -0.05) is 6.92 Å². The van der Waals surface area contributed by atoms with E-state index >= 15 is 0 Å². The van der Waals surface area contributed by atoms with Gasteiger partial charge in [0.2, 0.25) is 5.95 Å². The molecule has 5 heteroatoms. The summed E-state index contributed by atoms with van der Waals surface area (Å²) in [6.07, 6.45) is 1.82. The zero-order chi connectivity index (χ0) is 11.2. The zero-order valence-electron chi connectivity index (χ0n) is 9.65. The number of anilines is 1. The summed E-state index contributed by atoms with van der Waals surface area (Å²) in [6, 6.07) is 1.95. The lowest BCUT2D eigenvalue weighted by atomic mass is 10.4. The predicted octanol–water partition coefficient (Wildman–Crippen LogP) is 0.423. The van der Waals surface area contributed by atoms with E-state index in [9.17, 15) is 0 Å². The molecule has 88 valence electrons. The van der Waals surface area contributed by atoms with Crippen LogP contribution in [0.15, 0.2) is 12.3 Å². The number of nitrogens with zero attached hydrogens (tertiary/aromatic N) is 3. The molecule has 0 radical (unpaired) electrons. The Bertz CT molecular complexity index is 326. The summed E-state index contributed by atoms with van der Waals surface area (Å²) in [6.45, 7) is 7.13. The van der Waals surface area contributed by atoms with E-state index in [0.717, 1.165) is 51.0 Å². The third kappa shape index (κ3) is 2.90. The molecular formula is C11H18N4O. The van der Waals surface area contributed by atoms with Gasteiger partial charge in [0.25, 0.3) is 0 Å². The van der Waals surface area contributed by atoms with Gasteiger partial charge in [-0.3, -0.25) is 0 Å². The zero-order valence-corrected chi connectivity index (χ0v) is 9.65. The van der Waals surface area contributed by atoms with Gasteiger partial charge in [0.1, 0.15) is 0 Å². The van der Waals surface area contributed by atoms with Gasteiger partial charge in [0, 0.05) is 25.8 Å². The van der Waals surface area contributed by atoms with Crippen molar-refractivity contribution in [3.8, 4) is 0 Å². The molecule has 0 aromatic carbocycles. The first-order chi connectivity index (χ1) is 7.90. The lowest BCUT2D eigenvalue weighted by Crippen LogP contribution is -2.37. The average Bonchev–Trinajstić information content (AvgIpc) is 2.38. The Kier molecular flexibility index (Phi) is 4.07. The summed E-state index contributed by atoms with van der Waals surface area (Å²) in [5.41, 5.74) is 1.04. The molecule has 0 saturated carbocycles. The molecular weight excluding hydrogens is 204 g/mol. The molecule has 1 saturated heterocycles. The maximum Gasteiger partial charge on any atom is 0.225 e. The third-order valence-electron chi connectivity index (χ3n) is 2.55. The standard InChI is InChI=1S/C11H18N4O/c1-2-12-9-10-3-4-13-11(14-10)15-5-7-16-8-6-15/h3-4,12H,2,5-9H2,1H3. The van der Waals surface area contributed by atoms with Crippen LogP contribution in [-0.4, -0.2) is 42.8 Å². The Morgan fingerprint density at radius 1 is 1.44 bits per heavy atom. The molecule has 0 aliphatic carbocycles. The molecule has 1 aliphatic heterocycles. The molecule has 0 bridgehead atoms. The number of aromatic nitrogens is 2. The van der Waals surface area contributed by atoms with Crippen LogP contribution in [0.5, 0.6) is 0 Å². The fourth-order valence-corrected chi connectivity index (χ4v) is 1.65. The van der Waals surface area contributed by atoms with Crippen molar-refractivity contribution in [2.45, 2.75) is 13.5 Å². The number of morpholine rings is 1. The lowest BCUT2D eigenvalue weighted by Gasteiger charge is -2.26. The Hall–Kier alpha value is -1.20. The van der Waals surface area contributed by atoms with Gasteiger partial charge in [0.05, 0.1) is 18.9 Å². The van der Waals surface area contributed by atoms with Crippen molar-refractivity contribution in [3.63, 3.8) is 0 Å². The van der Waals surface area contributed by atoms with Crippen LogP contribution in [0.3, 0.4) is 0 Å². The van der Waals surface area contributed by atoms with Crippen LogP contribution in [-0.2, 0) is 11.3 Å². The summed E-state index contributed by atoms with van der Waals surface area (Å²) in [5.74, 6) is 0.818. The second-order valence-electron chi connectivity index (χ2n) is 3.73. The highest BCUT2D eigenvalue weighted by molar-refractivity contribution is 5.30. The number of nitrogens with one attached hydrogen (secondary N) is 1. The van der Waals surface area contributed by atoms with Crippen LogP contribution >= 0.6 is 0 Å². The maximum absolute atomic E-state index is 5.31. The molecule has 2 heterocycles. The largest absolute Gasteiger partial charge is 0.378 e. The molecule has 1 fully saturated rings. The minimum Gasteiger partial charge on any atom is -0.378 e. The minimum atomic E-state index is 0.765. The lowest BCUT2D eigenvalue weighted by molar-refractivity contribution is 0.122.